The van der Waals surface area contributed by atoms with E-state index in [0.717, 1.165) is 6.54 Å². The average molecular weight is 288 g/mol. The molecule has 5 heteroatoms. The van der Waals surface area contributed by atoms with E-state index in [0.29, 0.717) is 39.0 Å². The average Bonchev–Trinajstić information content (AvgIpc) is 2.48. The lowest BCUT2D eigenvalue weighted by Crippen LogP contribution is -2.44. The van der Waals surface area contributed by atoms with Gasteiger partial charge in [0.25, 0.3) is 0 Å². The molecule has 1 aliphatic rings. The fourth-order valence-electron chi connectivity index (χ4n) is 2.49. The Hall–Kier alpha value is -0.200. The molecule has 5 nitrogen and oxygen atoms in total. The highest BCUT2D eigenvalue weighted by Gasteiger charge is 2.16. The van der Waals surface area contributed by atoms with Crippen molar-refractivity contribution in [1.29, 1.82) is 0 Å². The molecule has 0 amide bonds. The largest absolute Gasteiger partial charge is 0.389 e. The van der Waals surface area contributed by atoms with E-state index >= 15 is 0 Å². The Morgan fingerprint density at radius 2 is 1.80 bits per heavy atom. The normalized spacial score (nSPS) is 19.9. The van der Waals surface area contributed by atoms with Gasteiger partial charge in [0.15, 0.2) is 0 Å². The molecule has 1 aliphatic heterocycles. The van der Waals surface area contributed by atoms with Crippen LogP contribution in [0.1, 0.15) is 33.1 Å². The number of ether oxygens (including phenoxy) is 2. The van der Waals surface area contributed by atoms with Gasteiger partial charge in [-0.3, -0.25) is 4.90 Å². The van der Waals surface area contributed by atoms with Crippen LogP contribution in [0.15, 0.2) is 0 Å². The van der Waals surface area contributed by atoms with Crippen molar-refractivity contribution < 1.29 is 14.6 Å². The van der Waals surface area contributed by atoms with Crippen LogP contribution in [0.5, 0.6) is 0 Å². The third-order valence-corrected chi connectivity index (χ3v) is 3.72. The second kappa shape index (κ2) is 11.5. The monoisotopic (exact) mass is 288 g/mol. The van der Waals surface area contributed by atoms with Gasteiger partial charge in [-0.15, -0.1) is 0 Å². The lowest BCUT2D eigenvalue weighted by atomic mass is 10.1. The van der Waals surface area contributed by atoms with Gasteiger partial charge in [-0.2, -0.15) is 0 Å². The first kappa shape index (κ1) is 17.9. The Bertz CT molecular complexity index is 223. The first-order chi connectivity index (χ1) is 9.74. The molecule has 2 atom stereocenters. The van der Waals surface area contributed by atoms with Crippen molar-refractivity contribution in [2.45, 2.75) is 45.3 Å². The number of hydrogen-bond donors (Lipinski definition) is 2. The molecule has 0 aliphatic carbocycles. The van der Waals surface area contributed by atoms with Crippen LogP contribution in [0.3, 0.4) is 0 Å². The zero-order valence-corrected chi connectivity index (χ0v) is 13.1. The number of hydrogen-bond acceptors (Lipinski definition) is 5. The Labute approximate surface area is 123 Å². The summed E-state index contributed by atoms with van der Waals surface area (Å²) in [5.41, 5.74) is 0. The summed E-state index contributed by atoms with van der Waals surface area (Å²) in [6.07, 6.45) is 3.57. The zero-order chi connectivity index (χ0) is 14.6. The highest BCUT2D eigenvalue weighted by Crippen LogP contribution is 2.11. The standard InChI is InChI=1S/C15H32N2O3/c1-3-19-9-10-20-13-15(18)12-16-11-14(2)17-7-5-4-6-8-17/h14-16,18H,3-13H2,1-2H3. The molecule has 1 fully saturated rings. The lowest BCUT2D eigenvalue weighted by Gasteiger charge is -2.32. The van der Waals surface area contributed by atoms with Gasteiger partial charge in [0.1, 0.15) is 0 Å². The Balaban J connectivity index is 1.96. The zero-order valence-electron chi connectivity index (χ0n) is 13.1. The maximum absolute atomic E-state index is 9.79. The minimum absolute atomic E-state index is 0.373. The summed E-state index contributed by atoms with van der Waals surface area (Å²) in [5, 5.41) is 13.1. The van der Waals surface area contributed by atoms with Crippen molar-refractivity contribution in [1.82, 2.24) is 10.2 Å². The van der Waals surface area contributed by atoms with Crippen LogP contribution in [0.2, 0.25) is 0 Å². The predicted molar refractivity (Wildman–Crippen MR) is 81.1 cm³/mol. The number of rotatable bonds is 11. The molecular weight excluding hydrogens is 256 g/mol. The number of nitrogens with one attached hydrogen (secondary N) is 1. The Morgan fingerprint density at radius 1 is 1.10 bits per heavy atom. The molecule has 0 radical (unpaired) electrons. The molecule has 2 N–H and O–H groups in total. The Kier molecular flexibility index (Phi) is 10.2. The topological polar surface area (TPSA) is 54.0 Å². The van der Waals surface area contributed by atoms with E-state index in [4.69, 9.17) is 9.47 Å². The molecule has 0 aromatic rings. The van der Waals surface area contributed by atoms with Gasteiger partial charge in [0, 0.05) is 25.7 Å². The molecule has 0 spiro atoms. The van der Waals surface area contributed by atoms with Crippen molar-refractivity contribution in [2.24, 2.45) is 0 Å². The lowest BCUT2D eigenvalue weighted by molar-refractivity contribution is 0.00604. The van der Waals surface area contributed by atoms with Crippen LogP contribution in [-0.2, 0) is 9.47 Å². The minimum Gasteiger partial charge on any atom is -0.389 e. The van der Waals surface area contributed by atoms with Crippen LogP contribution in [0.25, 0.3) is 0 Å². The van der Waals surface area contributed by atoms with Crippen molar-refractivity contribution >= 4 is 0 Å². The van der Waals surface area contributed by atoms with Crippen LogP contribution in [0, 0.1) is 0 Å². The van der Waals surface area contributed by atoms with E-state index in [1.165, 1.54) is 32.4 Å². The maximum atomic E-state index is 9.79. The summed E-state index contributed by atoms with van der Waals surface area (Å²) in [5.74, 6) is 0. The smallest absolute Gasteiger partial charge is 0.0897 e. The van der Waals surface area contributed by atoms with E-state index in [2.05, 4.69) is 17.1 Å². The fourth-order valence-corrected chi connectivity index (χ4v) is 2.49. The third kappa shape index (κ3) is 8.17. The van der Waals surface area contributed by atoms with Gasteiger partial charge < -0.3 is 19.9 Å². The van der Waals surface area contributed by atoms with Gasteiger partial charge in [-0.1, -0.05) is 6.42 Å². The highest BCUT2D eigenvalue weighted by atomic mass is 16.5. The number of likely N-dealkylation sites (tertiary alicyclic amines) is 1. The molecule has 1 heterocycles. The van der Waals surface area contributed by atoms with Gasteiger partial charge in [-0.05, 0) is 39.8 Å². The van der Waals surface area contributed by atoms with E-state index in [-0.39, 0.29) is 0 Å². The van der Waals surface area contributed by atoms with Crippen LogP contribution < -0.4 is 5.32 Å². The third-order valence-electron chi connectivity index (χ3n) is 3.72. The first-order valence-corrected chi connectivity index (χ1v) is 8.02. The summed E-state index contributed by atoms with van der Waals surface area (Å²) in [7, 11) is 0. The second-order valence-corrected chi connectivity index (χ2v) is 5.53. The highest BCUT2D eigenvalue weighted by molar-refractivity contribution is 4.73. The summed E-state index contributed by atoms with van der Waals surface area (Å²) < 4.78 is 10.5. The molecular formula is C15H32N2O3. The number of nitrogens with zero attached hydrogens (tertiary/aromatic N) is 1. The van der Waals surface area contributed by atoms with Crippen LogP contribution in [0.4, 0.5) is 0 Å². The van der Waals surface area contributed by atoms with E-state index < -0.39 is 6.10 Å². The van der Waals surface area contributed by atoms with E-state index in [1.54, 1.807) is 0 Å². The van der Waals surface area contributed by atoms with Crippen molar-refractivity contribution in [3.63, 3.8) is 0 Å². The Morgan fingerprint density at radius 3 is 2.50 bits per heavy atom. The fraction of sp³-hybridized carbons (Fsp3) is 1.00. The van der Waals surface area contributed by atoms with E-state index in [1.807, 2.05) is 6.92 Å². The second-order valence-electron chi connectivity index (χ2n) is 5.53. The molecule has 0 bridgehead atoms. The summed E-state index contributed by atoms with van der Waals surface area (Å²) in [4.78, 5) is 2.53. The number of aliphatic hydroxyl groups excluding tert-OH is 1. The van der Waals surface area contributed by atoms with Crippen molar-refractivity contribution in [2.75, 3.05) is 52.6 Å². The van der Waals surface area contributed by atoms with Gasteiger partial charge in [0.05, 0.1) is 25.9 Å². The summed E-state index contributed by atoms with van der Waals surface area (Å²) in [6.45, 7) is 10.4. The molecule has 120 valence electrons. The molecule has 20 heavy (non-hydrogen) atoms. The molecule has 1 saturated heterocycles. The molecule has 0 saturated carbocycles. The minimum atomic E-state index is -0.440. The van der Waals surface area contributed by atoms with Gasteiger partial charge in [-0.25, -0.2) is 0 Å². The molecule has 0 aromatic heterocycles. The molecule has 1 rings (SSSR count). The van der Waals surface area contributed by atoms with Crippen molar-refractivity contribution in [3.8, 4) is 0 Å². The van der Waals surface area contributed by atoms with Crippen LogP contribution >= 0.6 is 0 Å². The first-order valence-electron chi connectivity index (χ1n) is 8.02. The quantitative estimate of drug-likeness (QED) is 0.552. The predicted octanol–water partition coefficient (Wildman–Crippen LogP) is 0.864. The molecule has 2 unspecified atom stereocenters. The van der Waals surface area contributed by atoms with Crippen molar-refractivity contribution in [3.05, 3.63) is 0 Å². The summed E-state index contributed by atoms with van der Waals surface area (Å²) >= 11 is 0. The van der Waals surface area contributed by atoms with E-state index in [9.17, 15) is 5.11 Å². The maximum Gasteiger partial charge on any atom is 0.0897 e. The summed E-state index contributed by atoms with van der Waals surface area (Å²) in [6, 6.07) is 0.543. The number of piperidine rings is 1. The van der Waals surface area contributed by atoms with Gasteiger partial charge in [0.2, 0.25) is 0 Å². The SMILES string of the molecule is CCOCCOCC(O)CNCC(C)N1CCCCC1. The van der Waals surface area contributed by atoms with Gasteiger partial charge >= 0.3 is 0 Å². The van der Waals surface area contributed by atoms with Crippen LogP contribution in [-0.4, -0.2) is 74.8 Å². The molecule has 0 aromatic carbocycles. The number of aliphatic hydroxyl groups is 1.